The molecule has 1 rings (SSSR count). The van der Waals surface area contributed by atoms with Crippen LogP contribution in [0.3, 0.4) is 0 Å². The van der Waals surface area contributed by atoms with Gasteiger partial charge in [-0.1, -0.05) is 19.8 Å². The predicted molar refractivity (Wildman–Crippen MR) is 82.3 cm³/mol. The average molecular weight is 283 g/mol. The average Bonchev–Trinajstić information content (AvgIpc) is 2.38. The molecule has 1 amide bonds. The van der Waals surface area contributed by atoms with Crippen LogP contribution in [-0.2, 0) is 4.79 Å². The molecule has 0 spiro atoms. The van der Waals surface area contributed by atoms with Crippen LogP contribution in [0, 0.1) is 12.3 Å². The molecule has 1 heterocycles. The Bertz CT molecular complexity index is 306. The number of rotatable bonds is 7. The zero-order valence-electron chi connectivity index (χ0n) is 12.0. The molecule has 1 aliphatic rings. The van der Waals surface area contributed by atoms with Gasteiger partial charge in [-0.2, -0.15) is 11.8 Å². The van der Waals surface area contributed by atoms with Crippen LogP contribution < -0.4 is 5.32 Å². The number of amides is 1. The van der Waals surface area contributed by atoms with Gasteiger partial charge in [0.15, 0.2) is 0 Å². The molecule has 1 aliphatic heterocycles. The summed E-state index contributed by atoms with van der Waals surface area (Å²) in [6.45, 7) is 10.5. The molecule has 1 fully saturated rings. The quantitative estimate of drug-likeness (QED) is 0.690. The van der Waals surface area contributed by atoms with Crippen molar-refractivity contribution in [2.24, 2.45) is 0 Å². The second kappa shape index (κ2) is 9.24. The summed E-state index contributed by atoms with van der Waals surface area (Å²) in [6.07, 6.45) is 5.11. The molecular weight excluding hydrogens is 258 g/mol. The van der Waals surface area contributed by atoms with Gasteiger partial charge in [0, 0.05) is 38.5 Å². The molecular formula is C14H25N3OS. The fraction of sp³-hybridized carbons (Fsp3) is 0.786. The minimum atomic E-state index is 0.0294. The number of terminal acetylenes is 1. The summed E-state index contributed by atoms with van der Waals surface area (Å²) in [6, 6.07) is 0. The molecule has 0 radical (unpaired) electrons. The van der Waals surface area contributed by atoms with Gasteiger partial charge < -0.3 is 5.32 Å². The van der Waals surface area contributed by atoms with E-state index in [0.717, 1.165) is 32.7 Å². The van der Waals surface area contributed by atoms with Crippen molar-refractivity contribution in [2.45, 2.75) is 19.1 Å². The number of thioether (sulfide) groups is 1. The number of hydrogen-bond donors (Lipinski definition) is 1. The molecule has 0 aromatic rings. The van der Waals surface area contributed by atoms with Gasteiger partial charge in [0.2, 0.25) is 5.91 Å². The number of piperazine rings is 1. The van der Waals surface area contributed by atoms with Crippen LogP contribution in [0.2, 0.25) is 0 Å². The zero-order chi connectivity index (χ0) is 14.1. The van der Waals surface area contributed by atoms with Crippen molar-refractivity contribution in [2.75, 3.05) is 51.6 Å². The number of nitrogens with zero attached hydrogens (tertiary/aromatic N) is 2. The molecule has 0 unspecified atom stereocenters. The van der Waals surface area contributed by atoms with Crippen LogP contribution in [-0.4, -0.2) is 72.5 Å². The third-order valence-corrected chi connectivity index (χ3v) is 4.16. The van der Waals surface area contributed by atoms with E-state index in [1.165, 1.54) is 5.75 Å². The summed E-state index contributed by atoms with van der Waals surface area (Å²) in [5.41, 5.74) is 0. The Morgan fingerprint density at radius 3 is 2.53 bits per heavy atom. The van der Waals surface area contributed by atoms with E-state index in [0.29, 0.717) is 18.3 Å². The highest BCUT2D eigenvalue weighted by Gasteiger charge is 2.18. The Hall–Kier alpha value is -0.700. The lowest BCUT2D eigenvalue weighted by Crippen LogP contribution is -2.49. The molecule has 19 heavy (non-hydrogen) atoms. The number of carbonyl (C=O) groups excluding carboxylic acids is 1. The van der Waals surface area contributed by atoms with Gasteiger partial charge in [-0.3, -0.25) is 14.6 Å². The molecule has 108 valence electrons. The van der Waals surface area contributed by atoms with Crippen LogP contribution in [0.25, 0.3) is 0 Å². The molecule has 0 aromatic heterocycles. The first kappa shape index (κ1) is 16.4. The minimum absolute atomic E-state index is 0.0294. The van der Waals surface area contributed by atoms with E-state index in [2.05, 4.69) is 34.9 Å². The van der Waals surface area contributed by atoms with Gasteiger partial charge in [0.05, 0.1) is 13.1 Å². The monoisotopic (exact) mass is 283 g/mol. The smallest absolute Gasteiger partial charge is 0.234 e. The third-order valence-electron chi connectivity index (χ3n) is 3.08. The number of hydrogen-bond acceptors (Lipinski definition) is 4. The lowest BCUT2D eigenvalue weighted by molar-refractivity contribution is -0.122. The van der Waals surface area contributed by atoms with E-state index < -0.39 is 0 Å². The Morgan fingerprint density at radius 2 is 1.95 bits per heavy atom. The van der Waals surface area contributed by atoms with E-state index in [9.17, 15) is 4.79 Å². The Balaban J connectivity index is 2.11. The molecule has 4 nitrogen and oxygen atoms in total. The largest absolute Gasteiger partial charge is 0.344 e. The first-order chi connectivity index (χ1) is 9.11. The first-order valence-electron chi connectivity index (χ1n) is 6.88. The third kappa shape index (κ3) is 7.46. The molecule has 0 aliphatic carbocycles. The van der Waals surface area contributed by atoms with Crippen molar-refractivity contribution in [3.63, 3.8) is 0 Å². The van der Waals surface area contributed by atoms with Crippen LogP contribution in [0.1, 0.15) is 13.8 Å². The van der Waals surface area contributed by atoms with Gasteiger partial charge in [0.1, 0.15) is 0 Å². The van der Waals surface area contributed by atoms with E-state index in [-0.39, 0.29) is 5.91 Å². The Labute approximate surface area is 121 Å². The molecule has 0 atom stereocenters. The summed E-state index contributed by atoms with van der Waals surface area (Å²) in [5, 5.41) is 3.41. The normalized spacial score (nSPS) is 17.4. The van der Waals surface area contributed by atoms with Gasteiger partial charge in [-0.15, -0.1) is 6.42 Å². The molecule has 5 heteroatoms. The first-order valence-corrected chi connectivity index (χ1v) is 7.93. The second-order valence-corrected chi connectivity index (χ2v) is 6.70. The van der Waals surface area contributed by atoms with Gasteiger partial charge in [-0.05, 0) is 5.25 Å². The predicted octanol–water partition coefficient (Wildman–Crippen LogP) is 0.495. The van der Waals surface area contributed by atoms with E-state index in [4.69, 9.17) is 6.42 Å². The molecule has 0 saturated carbocycles. The zero-order valence-corrected chi connectivity index (χ0v) is 12.8. The molecule has 1 N–H and O–H groups in total. The number of nitrogens with one attached hydrogen (secondary N) is 1. The van der Waals surface area contributed by atoms with Crippen molar-refractivity contribution < 1.29 is 4.79 Å². The topological polar surface area (TPSA) is 35.6 Å². The highest BCUT2D eigenvalue weighted by molar-refractivity contribution is 7.99. The summed E-state index contributed by atoms with van der Waals surface area (Å²) in [5.74, 6) is 3.64. The maximum absolute atomic E-state index is 11.5. The van der Waals surface area contributed by atoms with Crippen LogP contribution in [0.5, 0.6) is 0 Å². The fourth-order valence-electron chi connectivity index (χ4n) is 2.00. The lowest BCUT2D eigenvalue weighted by atomic mass is 10.3. The van der Waals surface area contributed by atoms with Crippen molar-refractivity contribution in [3.8, 4) is 12.3 Å². The Kier molecular flexibility index (Phi) is 7.96. The maximum Gasteiger partial charge on any atom is 0.234 e. The van der Waals surface area contributed by atoms with Crippen LogP contribution in [0.4, 0.5) is 0 Å². The van der Waals surface area contributed by atoms with Crippen LogP contribution >= 0.6 is 11.8 Å². The van der Waals surface area contributed by atoms with Crippen molar-refractivity contribution in [3.05, 3.63) is 0 Å². The van der Waals surface area contributed by atoms with Crippen LogP contribution in [0.15, 0.2) is 0 Å². The summed E-state index contributed by atoms with van der Waals surface area (Å²) in [4.78, 5) is 16.2. The van der Waals surface area contributed by atoms with Crippen molar-refractivity contribution >= 4 is 17.7 Å². The molecule has 0 bridgehead atoms. The minimum Gasteiger partial charge on any atom is -0.344 e. The van der Waals surface area contributed by atoms with E-state index in [1.54, 1.807) is 0 Å². The van der Waals surface area contributed by atoms with Gasteiger partial charge in [-0.25, -0.2) is 0 Å². The maximum atomic E-state index is 11.5. The van der Waals surface area contributed by atoms with Crippen molar-refractivity contribution in [1.82, 2.24) is 15.1 Å². The van der Waals surface area contributed by atoms with E-state index >= 15 is 0 Å². The highest BCUT2D eigenvalue weighted by atomic mass is 32.2. The fourth-order valence-corrected chi connectivity index (χ4v) is 2.83. The highest BCUT2D eigenvalue weighted by Crippen LogP contribution is 2.10. The molecule has 0 aromatic carbocycles. The van der Waals surface area contributed by atoms with Crippen molar-refractivity contribution in [1.29, 1.82) is 0 Å². The lowest BCUT2D eigenvalue weighted by Gasteiger charge is -2.34. The summed E-state index contributed by atoms with van der Waals surface area (Å²) in [7, 11) is 0. The molecule has 1 saturated heterocycles. The Morgan fingerprint density at radius 1 is 1.32 bits per heavy atom. The SMILES string of the molecule is C#CCNC(=O)CN1CCN(CCSC(C)C)CC1. The number of carbonyl (C=O) groups is 1. The van der Waals surface area contributed by atoms with Gasteiger partial charge in [0.25, 0.3) is 0 Å². The van der Waals surface area contributed by atoms with E-state index in [1.807, 2.05) is 11.8 Å². The van der Waals surface area contributed by atoms with Gasteiger partial charge >= 0.3 is 0 Å². The summed E-state index contributed by atoms with van der Waals surface area (Å²) < 4.78 is 0. The summed E-state index contributed by atoms with van der Waals surface area (Å²) >= 11 is 2.01. The second-order valence-electron chi connectivity index (χ2n) is 5.02. The standard InChI is InChI=1S/C14H25N3OS/c1-4-5-15-14(18)12-17-8-6-16(7-9-17)10-11-19-13(2)3/h1,13H,5-12H2,2-3H3,(H,15,18).